The Morgan fingerprint density at radius 3 is 1.45 bits per heavy atom. The van der Waals surface area contributed by atoms with Crippen LogP contribution in [0, 0.1) is 0 Å². The third-order valence-corrected chi connectivity index (χ3v) is 14.6. The van der Waals surface area contributed by atoms with Gasteiger partial charge in [0.1, 0.15) is 0 Å². The molecule has 1 aliphatic rings. The van der Waals surface area contributed by atoms with Gasteiger partial charge in [-0.05, 0) is 136 Å². The van der Waals surface area contributed by atoms with Crippen molar-refractivity contribution in [3.8, 4) is 50.4 Å². The van der Waals surface area contributed by atoms with Crippen molar-refractivity contribution in [1.29, 1.82) is 0 Å². The highest BCUT2D eigenvalue weighted by Crippen LogP contribution is 2.51. The van der Waals surface area contributed by atoms with Gasteiger partial charge in [0.05, 0.1) is 33.1 Å². The van der Waals surface area contributed by atoms with Gasteiger partial charge in [0.15, 0.2) is 0 Å². The molecule has 66 heavy (non-hydrogen) atoms. The molecule has 13 aromatic rings. The molecule has 3 heterocycles. The summed E-state index contributed by atoms with van der Waals surface area (Å²) < 4.78 is 7.37. The maximum Gasteiger partial charge on any atom is 0.0544 e. The molecule has 14 rings (SSSR count). The van der Waals surface area contributed by atoms with E-state index in [-0.39, 0.29) is 5.41 Å². The molecule has 0 saturated carbocycles. The molecule has 1 aliphatic carbocycles. The first-order valence-corrected chi connectivity index (χ1v) is 23.0. The van der Waals surface area contributed by atoms with E-state index in [1.165, 1.54) is 110 Å². The van der Waals surface area contributed by atoms with Crippen molar-refractivity contribution >= 4 is 65.4 Å². The van der Waals surface area contributed by atoms with Crippen molar-refractivity contribution < 1.29 is 0 Å². The largest absolute Gasteiger partial charge is 0.309 e. The summed E-state index contributed by atoms with van der Waals surface area (Å²) in [6.07, 6.45) is 0. The highest BCUT2D eigenvalue weighted by Gasteiger charge is 2.36. The fourth-order valence-corrected chi connectivity index (χ4v) is 11.5. The molecule has 0 amide bonds. The minimum Gasteiger partial charge on any atom is -0.309 e. The van der Waals surface area contributed by atoms with Crippen molar-refractivity contribution in [3.63, 3.8) is 0 Å². The Morgan fingerprint density at radius 1 is 0.258 bits per heavy atom. The zero-order chi connectivity index (χ0) is 43.7. The Labute approximate surface area is 382 Å². The molecule has 0 atom stereocenters. The first kappa shape index (κ1) is 37.0. The van der Waals surface area contributed by atoms with Crippen LogP contribution < -0.4 is 0 Å². The molecule has 0 N–H and O–H groups in total. The molecule has 0 radical (unpaired) electrons. The summed E-state index contributed by atoms with van der Waals surface area (Å²) >= 11 is 0. The lowest BCUT2D eigenvalue weighted by Gasteiger charge is -2.22. The van der Waals surface area contributed by atoms with Crippen LogP contribution in [0.15, 0.2) is 224 Å². The molecular formula is C63H43N3. The van der Waals surface area contributed by atoms with Crippen LogP contribution in [0.4, 0.5) is 0 Å². The minimum atomic E-state index is -0.152. The number of benzene rings is 10. The van der Waals surface area contributed by atoms with Gasteiger partial charge in [0.2, 0.25) is 0 Å². The first-order valence-electron chi connectivity index (χ1n) is 23.0. The van der Waals surface area contributed by atoms with E-state index in [1.807, 2.05) is 0 Å². The molecular weight excluding hydrogens is 799 g/mol. The molecule has 0 spiro atoms. The van der Waals surface area contributed by atoms with E-state index in [0.29, 0.717) is 0 Å². The Morgan fingerprint density at radius 2 is 0.758 bits per heavy atom. The molecule has 3 heteroatoms. The molecule has 0 unspecified atom stereocenters. The second kappa shape index (κ2) is 13.8. The fraction of sp³-hybridized carbons (Fsp3) is 0.0476. The number of aromatic nitrogens is 3. The summed E-state index contributed by atoms with van der Waals surface area (Å²) in [7, 11) is 0. The number of hydrogen-bond acceptors (Lipinski definition) is 0. The lowest BCUT2D eigenvalue weighted by Crippen LogP contribution is -2.15. The quantitative estimate of drug-likeness (QED) is 0.164. The monoisotopic (exact) mass is 841 g/mol. The highest BCUT2D eigenvalue weighted by molar-refractivity contribution is 6.14. The predicted molar refractivity (Wildman–Crippen MR) is 278 cm³/mol. The summed E-state index contributed by atoms with van der Waals surface area (Å²) in [6, 6.07) is 83.3. The second-order valence-electron chi connectivity index (χ2n) is 18.5. The standard InChI is InChI=1S/C63H43N3/c1-63(2)55-25-13-9-21-47(55)51-38-54-53-37-45(65-57-26-14-10-22-48(57)49-23-11-15-27-58(49)65)30-32-61(53)66(62(54)39-56(51)63)46-34-42(40-17-5-3-6-18-40)33-43(35-46)41-29-31-60-52(36-41)50-24-12-16-28-59(50)64(60)44-19-7-4-8-20-44/h3-39H,1-2H3. The van der Waals surface area contributed by atoms with Crippen LogP contribution in [0.5, 0.6) is 0 Å². The highest BCUT2D eigenvalue weighted by atomic mass is 15.0. The second-order valence-corrected chi connectivity index (χ2v) is 18.5. The number of nitrogens with zero attached hydrogens (tertiary/aromatic N) is 3. The van der Waals surface area contributed by atoms with Gasteiger partial charge in [0.25, 0.3) is 0 Å². The third-order valence-electron chi connectivity index (χ3n) is 14.6. The lowest BCUT2D eigenvalue weighted by molar-refractivity contribution is 0.661. The number of fused-ring (bicyclic) bond motifs is 12. The number of hydrogen-bond donors (Lipinski definition) is 0. The van der Waals surface area contributed by atoms with Gasteiger partial charge in [-0.2, -0.15) is 0 Å². The molecule has 0 bridgehead atoms. The van der Waals surface area contributed by atoms with Gasteiger partial charge in [-0.3, -0.25) is 0 Å². The van der Waals surface area contributed by atoms with Gasteiger partial charge in [-0.15, -0.1) is 0 Å². The first-order chi connectivity index (χ1) is 32.5. The van der Waals surface area contributed by atoms with E-state index in [9.17, 15) is 0 Å². The Bertz CT molecular complexity index is 4070. The predicted octanol–water partition coefficient (Wildman–Crippen LogP) is 16.6. The van der Waals surface area contributed by atoms with E-state index in [2.05, 4.69) is 252 Å². The van der Waals surface area contributed by atoms with Crippen molar-refractivity contribution in [2.24, 2.45) is 0 Å². The van der Waals surface area contributed by atoms with Crippen molar-refractivity contribution in [2.45, 2.75) is 19.3 Å². The van der Waals surface area contributed by atoms with E-state index < -0.39 is 0 Å². The van der Waals surface area contributed by atoms with Gasteiger partial charge < -0.3 is 13.7 Å². The molecule has 0 aliphatic heterocycles. The van der Waals surface area contributed by atoms with Crippen molar-refractivity contribution in [1.82, 2.24) is 13.7 Å². The Balaban J connectivity index is 1.05. The van der Waals surface area contributed by atoms with Crippen molar-refractivity contribution in [3.05, 3.63) is 236 Å². The number of para-hydroxylation sites is 4. The minimum absolute atomic E-state index is 0.152. The van der Waals surface area contributed by atoms with Crippen molar-refractivity contribution in [2.75, 3.05) is 0 Å². The fourth-order valence-electron chi connectivity index (χ4n) is 11.5. The van der Waals surface area contributed by atoms with Crippen LogP contribution in [0.25, 0.3) is 116 Å². The summed E-state index contributed by atoms with van der Waals surface area (Å²) in [5.41, 5.74) is 20.6. The summed E-state index contributed by atoms with van der Waals surface area (Å²) in [6.45, 7) is 4.77. The van der Waals surface area contributed by atoms with Crippen LogP contribution in [-0.4, -0.2) is 13.7 Å². The Kier molecular flexibility index (Phi) is 7.74. The maximum absolute atomic E-state index is 2.54. The van der Waals surface area contributed by atoms with E-state index in [0.717, 1.165) is 17.1 Å². The third kappa shape index (κ3) is 5.26. The average molecular weight is 842 g/mol. The van der Waals surface area contributed by atoms with Crippen LogP contribution in [-0.2, 0) is 5.41 Å². The van der Waals surface area contributed by atoms with Crippen LogP contribution >= 0.6 is 0 Å². The molecule has 0 saturated heterocycles. The van der Waals surface area contributed by atoms with Gasteiger partial charge in [0, 0.05) is 54.8 Å². The normalized spacial score (nSPS) is 13.1. The molecule has 10 aromatic carbocycles. The summed E-state index contributed by atoms with van der Waals surface area (Å²) in [4.78, 5) is 0. The van der Waals surface area contributed by atoms with Crippen LogP contribution in [0.2, 0.25) is 0 Å². The van der Waals surface area contributed by atoms with Gasteiger partial charge in [-0.1, -0.05) is 147 Å². The van der Waals surface area contributed by atoms with Crippen LogP contribution in [0.1, 0.15) is 25.0 Å². The number of rotatable bonds is 5. The maximum atomic E-state index is 2.54. The zero-order valence-electron chi connectivity index (χ0n) is 36.7. The summed E-state index contributed by atoms with van der Waals surface area (Å²) in [5, 5.41) is 7.50. The molecule has 3 aromatic heterocycles. The lowest BCUT2D eigenvalue weighted by atomic mass is 9.82. The van der Waals surface area contributed by atoms with E-state index in [1.54, 1.807) is 0 Å². The topological polar surface area (TPSA) is 14.8 Å². The summed E-state index contributed by atoms with van der Waals surface area (Å²) in [5.74, 6) is 0. The van der Waals surface area contributed by atoms with E-state index in [4.69, 9.17) is 0 Å². The molecule has 0 fully saturated rings. The zero-order valence-corrected chi connectivity index (χ0v) is 36.7. The van der Waals surface area contributed by atoms with Gasteiger partial charge >= 0.3 is 0 Å². The van der Waals surface area contributed by atoms with E-state index >= 15 is 0 Å². The van der Waals surface area contributed by atoms with Gasteiger partial charge in [-0.25, -0.2) is 0 Å². The SMILES string of the molecule is CC1(C)c2ccccc2-c2cc3c4cc(-n5c6ccccc6c6ccccc65)ccc4n(-c4cc(-c5ccccc5)cc(-c5ccc6c(c5)c5ccccc5n6-c5ccccc5)c4)c3cc21. The molecule has 310 valence electrons. The molecule has 3 nitrogen and oxygen atoms in total. The Hall–Kier alpha value is -8.40. The average Bonchev–Trinajstić information content (AvgIpc) is 4.06. The van der Waals surface area contributed by atoms with Crippen LogP contribution in [0.3, 0.4) is 0 Å². The smallest absolute Gasteiger partial charge is 0.0544 e.